The van der Waals surface area contributed by atoms with Gasteiger partial charge in [0.15, 0.2) is 0 Å². The quantitative estimate of drug-likeness (QED) is 0.850. The van der Waals surface area contributed by atoms with Crippen molar-refractivity contribution in [2.45, 2.75) is 26.7 Å². The molecule has 21 heavy (non-hydrogen) atoms. The van der Waals surface area contributed by atoms with Gasteiger partial charge in [0, 0.05) is 19.0 Å². The van der Waals surface area contributed by atoms with E-state index in [1.807, 2.05) is 38.2 Å². The molecule has 1 aromatic carbocycles. The first-order valence-electron chi connectivity index (χ1n) is 7.14. The molecule has 0 saturated carbocycles. The smallest absolute Gasteiger partial charge is 0.142 e. The molecule has 0 unspecified atom stereocenters. The highest BCUT2D eigenvalue weighted by Gasteiger charge is 2.11. The predicted octanol–water partition coefficient (Wildman–Crippen LogP) is 3.53. The SMILES string of the molecule is CCCc1nc(NC)c(C)c(Nc2ccccc2OC)n1. The monoisotopic (exact) mass is 286 g/mol. The number of rotatable bonds is 6. The Kier molecular flexibility index (Phi) is 4.98. The first-order valence-corrected chi connectivity index (χ1v) is 7.14. The molecular formula is C16H22N4O. The number of para-hydroxylation sites is 2. The molecule has 5 nitrogen and oxygen atoms in total. The van der Waals surface area contributed by atoms with E-state index in [-0.39, 0.29) is 0 Å². The second-order valence-electron chi connectivity index (χ2n) is 4.79. The molecule has 112 valence electrons. The van der Waals surface area contributed by atoms with Gasteiger partial charge < -0.3 is 15.4 Å². The van der Waals surface area contributed by atoms with E-state index in [1.165, 1.54) is 0 Å². The van der Waals surface area contributed by atoms with Crippen LogP contribution in [-0.4, -0.2) is 24.1 Å². The number of hydrogen-bond acceptors (Lipinski definition) is 5. The van der Waals surface area contributed by atoms with Crippen LogP contribution < -0.4 is 15.4 Å². The van der Waals surface area contributed by atoms with Crippen molar-refractivity contribution in [1.29, 1.82) is 0 Å². The zero-order valence-corrected chi connectivity index (χ0v) is 13.0. The van der Waals surface area contributed by atoms with E-state index in [0.29, 0.717) is 0 Å². The van der Waals surface area contributed by atoms with Gasteiger partial charge >= 0.3 is 0 Å². The zero-order valence-electron chi connectivity index (χ0n) is 13.0. The van der Waals surface area contributed by atoms with Crippen LogP contribution in [0, 0.1) is 6.92 Å². The van der Waals surface area contributed by atoms with Gasteiger partial charge in [-0.3, -0.25) is 0 Å². The van der Waals surface area contributed by atoms with Crippen molar-refractivity contribution in [3.8, 4) is 5.75 Å². The molecule has 1 aromatic heterocycles. The number of nitrogens with one attached hydrogen (secondary N) is 2. The normalized spacial score (nSPS) is 10.3. The summed E-state index contributed by atoms with van der Waals surface area (Å²) in [7, 11) is 3.53. The lowest BCUT2D eigenvalue weighted by Gasteiger charge is -2.15. The average Bonchev–Trinajstić information content (AvgIpc) is 2.51. The Hall–Kier alpha value is -2.30. The molecular weight excluding hydrogens is 264 g/mol. The standard InChI is InChI=1S/C16H22N4O/c1-5-8-14-19-15(17-3)11(2)16(20-14)18-12-9-6-7-10-13(12)21-4/h6-7,9-10H,5,8H2,1-4H3,(H2,17,18,19,20). The molecule has 0 radical (unpaired) electrons. The molecule has 0 amide bonds. The Morgan fingerprint density at radius 1 is 1.14 bits per heavy atom. The molecule has 5 heteroatoms. The van der Waals surface area contributed by atoms with Gasteiger partial charge in [0.05, 0.1) is 12.8 Å². The fourth-order valence-corrected chi connectivity index (χ4v) is 2.14. The van der Waals surface area contributed by atoms with E-state index in [9.17, 15) is 0 Å². The minimum Gasteiger partial charge on any atom is -0.495 e. The molecule has 0 aliphatic heterocycles. The highest BCUT2D eigenvalue weighted by molar-refractivity contribution is 5.68. The first-order chi connectivity index (χ1) is 10.2. The van der Waals surface area contributed by atoms with E-state index in [4.69, 9.17) is 4.74 Å². The van der Waals surface area contributed by atoms with Gasteiger partial charge in [0.2, 0.25) is 0 Å². The van der Waals surface area contributed by atoms with E-state index in [2.05, 4.69) is 27.5 Å². The molecule has 2 N–H and O–H groups in total. The summed E-state index contributed by atoms with van der Waals surface area (Å²) in [5, 5.41) is 6.48. The predicted molar refractivity (Wildman–Crippen MR) is 86.6 cm³/mol. The summed E-state index contributed by atoms with van der Waals surface area (Å²) in [4.78, 5) is 9.16. The van der Waals surface area contributed by atoms with Crippen LogP contribution in [0.5, 0.6) is 5.75 Å². The van der Waals surface area contributed by atoms with Crippen LogP contribution in [0.15, 0.2) is 24.3 Å². The Morgan fingerprint density at radius 3 is 2.52 bits per heavy atom. The molecule has 1 heterocycles. The van der Waals surface area contributed by atoms with Crippen molar-refractivity contribution in [1.82, 2.24) is 9.97 Å². The second kappa shape index (κ2) is 6.92. The van der Waals surface area contributed by atoms with E-state index >= 15 is 0 Å². The number of aryl methyl sites for hydroxylation is 1. The number of benzene rings is 1. The molecule has 2 rings (SSSR count). The lowest BCUT2D eigenvalue weighted by atomic mass is 10.2. The summed E-state index contributed by atoms with van der Waals surface area (Å²) in [6.07, 6.45) is 1.87. The van der Waals surface area contributed by atoms with Crippen molar-refractivity contribution < 1.29 is 4.74 Å². The third kappa shape index (κ3) is 3.42. The second-order valence-corrected chi connectivity index (χ2v) is 4.79. The van der Waals surface area contributed by atoms with E-state index < -0.39 is 0 Å². The fraction of sp³-hybridized carbons (Fsp3) is 0.375. The fourth-order valence-electron chi connectivity index (χ4n) is 2.14. The molecule has 0 aliphatic carbocycles. The molecule has 0 bridgehead atoms. The van der Waals surface area contributed by atoms with Crippen molar-refractivity contribution in [3.63, 3.8) is 0 Å². The Bertz CT molecular complexity index is 613. The maximum Gasteiger partial charge on any atom is 0.142 e. The molecule has 2 aromatic rings. The zero-order chi connectivity index (χ0) is 15.2. The summed E-state index contributed by atoms with van der Waals surface area (Å²) in [6, 6.07) is 7.80. The van der Waals surface area contributed by atoms with Gasteiger partial charge in [0.25, 0.3) is 0 Å². The Labute approximate surface area is 125 Å². The Balaban J connectivity index is 2.40. The number of anilines is 3. The largest absolute Gasteiger partial charge is 0.495 e. The number of hydrogen-bond donors (Lipinski definition) is 2. The van der Waals surface area contributed by atoms with Crippen molar-refractivity contribution in [2.75, 3.05) is 24.8 Å². The van der Waals surface area contributed by atoms with Crippen molar-refractivity contribution >= 4 is 17.3 Å². The van der Waals surface area contributed by atoms with Crippen LogP contribution in [0.1, 0.15) is 24.7 Å². The van der Waals surface area contributed by atoms with E-state index in [1.54, 1.807) is 7.11 Å². The number of ether oxygens (including phenoxy) is 1. The lowest BCUT2D eigenvalue weighted by molar-refractivity contribution is 0.417. The highest BCUT2D eigenvalue weighted by atomic mass is 16.5. The third-order valence-corrected chi connectivity index (χ3v) is 3.26. The van der Waals surface area contributed by atoms with Crippen LogP contribution in [0.4, 0.5) is 17.3 Å². The number of nitrogens with zero attached hydrogens (tertiary/aromatic N) is 2. The summed E-state index contributed by atoms with van der Waals surface area (Å²) in [6.45, 7) is 4.12. The maximum atomic E-state index is 5.37. The molecule has 0 saturated heterocycles. The molecule has 0 fully saturated rings. The van der Waals surface area contributed by atoms with Gasteiger partial charge in [0.1, 0.15) is 23.2 Å². The van der Waals surface area contributed by atoms with Gasteiger partial charge in [-0.2, -0.15) is 0 Å². The van der Waals surface area contributed by atoms with Gasteiger partial charge in [-0.05, 0) is 25.5 Å². The molecule has 0 aliphatic rings. The summed E-state index contributed by atoms with van der Waals surface area (Å²) in [5.41, 5.74) is 1.88. The van der Waals surface area contributed by atoms with Crippen molar-refractivity contribution in [3.05, 3.63) is 35.7 Å². The molecule has 0 atom stereocenters. The molecule has 0 spiro atoms. The van der Waals surface area contributed by atoms with E-state index in [0.717, 1.165) is 47.3 Å². The van der Waals surface area contributed by atoms with Gasteiger partial charge in [-0.25, -0.2) is 9.97 Å². The van der Waals surface area contributed by atoms with Crippen LogP contribution >= 0.6 is 0 Å². The van der Waals surface area contributed by atoms with Crippen LogP contribution in [0.3, 0.4) is 0 Å². The van der Waals surface area contributed by atoms with Crippen LogP contribution in [0.25, 0.3) is 0 Å². The number of aromatic nitrogens is 2. The lowest BCUT2D eigenvalue weighted by Crippen LogP contribution is -2.07. The third-order valence-electron chi connectivity index (χ3n) is 3.26. The first kappa shape index (κ1) is 15.1. The van der Waals surface area contributed by atoms with Crippen LogP contribution in [-0.2, 0) is 6.42 Å². The van der Waals surface area contributed by atoms with Crippen LogP contribution in [0.2, 0.25) is 0 Å². The number of methoxy groups -OCH3 is 1. The Morgan fingerprint density at radius 2 is 1.86 bits per heavy atom. The topological polar surface area (TPSA) is 59.1 Å². The van der Waals surface area contributed by atoms with Gasteiger partial charge in [-0.15, -0.1) is 0 Å². The highest BCUT2D eigenvalue weighted by Crippen LogP contribution is 2.29. The van der Waals surface area contributed by atoms with Crippen molar-refractivity contribution in [2.24, 2.45) is 0 Å². The average molecular weight is 286 g/mol. The van der Waals surface area contributed by atoms with Gasteiger partial charge in [-0.1, -0.05) is 19.1 Å². The summed E-state index contributed by atoms with van der Waals surface area (Å²) in [5.74, 6) is 3.29. The summed E-state index contributed by atoms with van der Waals surface area (Å²) < 4.78 is 5.37. The maximum absolute atomic E-state index is 5.37. The minimum absolute atomic E-state index is 0.790. The summed E-state index contributed by atoms with van der Waals surface area (Å²) >= 11 is 0. The minimum atomic E-state index is 0.790.